The molecule has 6 heteroatoms. The van der Waals surface area contributed by atoms with Gasteiger partial charge in [0.05, 0.1) is 0 Å². The van der Waals surface area contributed by atoms with Gasteiger partial charge in [-0.25, -0.2) is 4.98 Å². The number of hydrogen-bond acceptors (Lipinski definition) is 4. The predicted molar refractivity (Wildman–Crippen MR) is 58.4 cm³/mol. The maximum Gasteiger partial charge on any atom is 0.282 e. The van der Waals surface area contributed by atoms with Crippen molar-refractivity contribution in [3.05, 3.63) is 22.8 Å². The summed E-state index contributed by atoms with van der Waals surface area (Å²) in [5.41, 5.74) is 0. The molecule has 0 unspecified atom stereocenters. The number of aromatic nitrogens is 1. The lowest BCUT2D eigenvalue weighted by atomic mass is 10.4. The molecule has 0 spiro atoms. The molecule has 1 heterocycles. The van der Waals surface area contributed by atoms with E-state index in [1.807, 2.05) is 0 Å². The summed E-state index contributed by atoms with van der Waals surface area (Å²) in [7, 11) is 2.78. The highest BCUT2D eigenvalue weighted by Gasteiger charge is 2.16. The van der Waals surface area contributed by atoms with Crippen LogP contribution in [0.4, 0.5) is 5.82 Å². The van der Waals surface area contributed by atoms with Crippen LogP contribution in [-0.2, 0) is 14.3 Å². The summed E-state index contributed by atoms with van der Waals surface area (Å²) in [5.74, 6) is 0.0408. The van der Waals surface area contributed by atoms with Gasteiger partial charge in [-0.15, -0.1) is 0 Å². The van der Waals surface area contributed by atoms with E-state index in [0.29, 0.717) is 5.82 Å². The fourth-order valence-electron chi connectivity index (χ4n) is 0.969. The van der Waals surface area contributed by atoms with Crippen LogP contribution in [0.1, 0.15) is 0 Å². The average Bonchev–Trinajstić information content (AvgIpc) is 2.19. The van der Waals surface area contributed by atoms with Gasteiger partial charge in [0, 0.05) is 24.9 Å². The zero-order valence-electron chi connectivity index (χ0n) is 8.36. The van der Waals surface area contributed by atoms with Gasteiger partial charge >= 0.3 is 0 Å². The number of anilines is 1. The molecule has 0 fully saturated rings. The quantitative estimate of drug-likeness (QED) is 0.844. The third-order valence-electron chi connectivity index (χ3n) is 1.62. The fourth-order valence-corrected chi connectivity index (χ4v) is 1.30. The van der Waals surface area contributed by atoms with Gasteiger partial charge in [-0.05, 0) is 12.1 Å². The summed E-state index contributed by atoms with van der Waals surface area (Å²) in [5, 5.41) is 2.55. The van der Waals surface area contributed by atoms with Crippen molar-refractivity contribution in [2.24, 2.45) is 0 Å². The first-order chi connectivity index (χ1) is 7.17. The average molecular weight is 275 g/mol. The summed E-state index contributed by atoms with van der Waals surface area (Å²) >= 11 is 3.27. The van der Waals surface area contributed by atoms with Gasteiger partial charge in [0.25, 0.3) is 5.91 Å². The van der Waals surface area contributed by atoms with Gasteiger partial charge in [-0.3, -0.25) is 4.79 Å². The van der Waals surface area contributed by atoms with E-state index in [9.17, 15) is 4.79 Å². The first-order valence-electron chi connectivity index (χ1n) is 4.15. The largest absolute Gasteiger partial charge is 0.348 e. The van der Waals surface area contributed by atoms with Crippen LogP contribution in [0.5, 0.6) is 0 Å². The molecule has 82 valence electrons. The minimum Gasteiger partial charge on any atom is -0.348 e. The van der Waals surface area contributed by atoms with Gasteiger partial charge in [-0.2, -0.15) is 0 Å². The second-order valence-corrected chi connectivity index (χ2v) is 3.57. The Morgan fingerprint density at radius 2 is 2.20 bits per heavy atom. The van der Waals surface area contributed by atoms with Gasteiger partial charge in [0.1, 0.15) is 5.82 Å². The van der Waals surface area contributed by atoms with Crippen molar-refractivity contribution >= 4 is 27.7 Å². The molecule has 15 heavy (non-hydrogen) atoms. The number of hydrogen-bond donors (Lipinski definition) is 1. The van der Waals surface area contributed by atoms with E-state index in [0.717, 1.165) is 4.47 Å². The van der Waals surface area contributed by atoms with E-state index in [-0.39, 0.29) is 0 Å². The van der Waals surface area contributed by atoms with Crippen LogP contribution < -0.4 is 5.32 Å². The number of amides is 1. The fraction of sp³-hybridized carbons (Fsp3) is 0.333. The molecule has 1 aromatic heterocycles. The van der Waals surface area contributed by atoms with E-state index in [1.54, 1.807) is 18.3 Å². The molecule has 1 rings (SSSR count). The van der Waals surface area contributed by atoms with Crippen molar-refractivity contribution in [3.8, 4) is 0 Å². The van der Waals surface area contributed by atoms with Crippen molar-refractivity contribution in [1.82, 2.24) is 4.98 Å². The molecule has 0 saturated heterocycles. The highest BCUT2D eigenvalue weighted by Crippen LogP contribution is 2.12. The van der Waals surface area contributed by atoms with Crippen molar-refractivity contribution in [2.75, 3.05) is 19.5 Å². The summed E-state index contributed by atoms with van der Waals surface area (Å²) in [6.45, 7) is 0. The molecule has 0 saturated carbocycles. The van der Waals surface area contributed by atoms with Crippen LogP contribution in [0.3, 0.4) is 0 Å². The second kappa shape index (κ2) is 5.79. The highest BCUT2D eigenvalue weighted by atomic mass is 79.9. The van der Waals surface area contributed by atoms with Crippen molar-refractivity contribution < 1.29 is 14.3 Å². The Hall–Kier alpha value is -0.980. The standard InChI is InChI=1S/C9H11BrN2O3/c1-14-9(15-2)8(13)12-7-5-6(10)3-4-11-7/h3-5,9H,1-2H3,(H,11,12,13). The smallest absolute Gasteiger partial charge is 0.282 e. The Balaban J connectivity index is 2.65. The zero-order valence-corrected chi connectivity index (χ0v) is 9.95. The predicted octanol–water partition coefficient (Wildman–Crippen LogP) is 1.40. The summed E-state index contributed by atoms with van der Waals surface area (Å²) in [6.07, 6.45) is 0.652. The van der Waals surface area contributed by atoms with Gasteiger partial charge in [-0.1, -0.05) is 15.9 Å². The van der Waals surface area contributed by atoms with Gasteiger partial charge in [0.15, 0.2) is 0 Å². The molecule has 1 N–H and O–H groups in total. The summed E-state index contributed by atoms with van der Waals surface area (Å²) in [4.78, 5) is 15.4. The number of nitrogens with zero attached hydrogens (tertiary/aromatic N) is 1. The molecule has 0 aromatic carbocycles. The SMILES string of the molecule is COC(OC)C(=O)Nc1cc(Br)ccn1. The van der Waals surface area contributed by atoms with E-state index in [1.165, 1.54) is 14.2 Å². The first kappa shape index (κ1) is 12.1. The van der Waals surface area contributed by atoms with E-state index >= 15 is 0 Å². The Kier molecular flexibility index (Phi) is 4.67. The monoisotopic (exact) mass is 274 g/mol. The number of methoxy groups -OCH3 is 2. The van der Waals surface area contributed by atoms with Crippen molar-refractivity contribution in [1.29, 1.82) is 0 Å². The molecule has 1 amide bonds. The van der Waals surface area contributed by atoms with Crippen molar-refractivity contribution in [3.63, 3.8) is 0 Å². The maximum absolute atomic E-state index is 11.5. The minimum absolute atomic E-state index is 0.398. The number of pyridine rings is 1. The molecule has 1 aromatic rings. The van der Waals surface area contributed by atoms with Gasteiger partial charge < -0.3 is 14.8 Å². The molecule has 0 aliphatic heterocycles. The highest BCUT2D eigenvalue weighted by molar-refractivity contribution is 9.10. The molecular formula is C9H11BrN2O3. The minimum atomic E-state index is -0.925. The number of halogens is 1. The number of carbonyl (C=O) groups is 1. The molecule has 0 bridgehead atoms. The summed E-state index contributed by atoms with van der Waals surface area (Å²) < 4.78 is 10.4. The van der Waals surface area contributed by atoms with Crippen molar-refractivity contribution in [2.45, 2.75) is 6.29 Å². The van der Waals surface area contributed by atoms with E-state index in [2.05, 4.69) is 26.2 Å². The Labute approximate surface area is 95.9 Å². The van der Waals surface area contributed by atoms with Crippen LogP contribution in [0, 0.1) is 0 Å². The zero-order chi connectivity index (χ0) is 11.3. The molecular weight excluding hydrogens is 264 g/mol. The maximum atomic E-state index is 11.5. The van der Waals surface area contributed by atoms with Gasteiger partial charge in [0.2, 0.25) is 6.29 Å². The molecule has 0 aliphatic carbocycles. The molecule has 0 aliphatic rings. The van der Waals surface area contributed by atoms with E-state index in [4.69, 9.17) is 9.47 Å². The third-order valence-corrected chi connectivity index (χ3v) is 2.11. The number of carbonyl (C=O) groups excluding carboxylic acids is 1. The van der Waals surface area contributed by atoms with Crippen LogP contribution in [0.15, 0.2) is 22.8 Å². The lowest BCUT2D eigenvalue weighted by Gasteiger charge is -2.12. The topological polar surface area (TPSA) is 60.5 Å². The Bertz CT molecular complexity index is 342. The Morgan fingerprint density at radius 3 is 2.73 bits per heavy atom. The molecule has 0 radical (unpaired) electrons. The summed E-state index contributed by atoms with van der Waals surface area (Å²) in [6, 6.07) is 3.44. The third kappa shape index (κ3) is 3.58. The number of rotatable bonds is 4. The number of ether oxygens (including phenoxy) is 2. The van der Waals surface area contributed by atoms with Crippen LogP contribution in [-0.4, -0.2) is 31.4 Å². The lowest BCUT2D eigenvalue weighted by Crippen LogP contribution is -2.31. The Morgan fingerprint density at radius 1 is 1.53 bits per heavy atom. The molecule has 0 atom stereocenters. The second-order valence-electron chi connectivity index (χ2n) is 2.65. The lowest BCUT2D eigenvalue weighted by molar-refractivity contribution is -0.153. The normalized spacial score (nSPS) is 10.4. The first-order valence-corrected chi connectivity index (χ1v) is 4.94. The van der Waals surface area contributed by atoms with Crippen LogP contribution >= 0.6 is 15.9 Å². The van der Waals surface area contributed by atoms with Crippen LogP contribution in [0.2, 0.25) is 0 Å². The van der Waals surface area contributed by atoms with Crippen LogP contribution in [0.25, 0.3) is 0 Å². The molecule has 5 nitrogen and oxygen atoms in total. The van der Waals surface area contributed by atoms with E-state index < -0.39 is 12.2 Å². The number of nitrogens with one attached hydrogen (secondary N) is 1.